The smallest absolute Gasteiger partial charge is 0.204 e. The Morgan fingerprint density at radius 2 is 1.81 bits per heavy atom. The molecule has 5 nitrogen and oxygen atoms in total. The fourth-order valence-corrected chi connectivity index (χ4v) is 5.21. The molecule has 2 unspecified atom stereocenters. The Morgan fingerprint density at radius 1 is 1.15 bits per heavy atom. The summed E-state index contributed by atoms with van der Waals surface area (Å²) in [6.45, 7) is 0. The third-order valence-electron chi connectivity index (χ3n) is 6.43. The van der Waals surface area contributed by atoms with E-state index in [4.69, 9.17) is 17.3 Å². The first-order chi connectivity index (χ1) is 13.0. The number of rotatable bonds is 1. The number of nitrogens with zero attached hydrogens (tertiary/aromatic N) is 4. The van der Waals surface area contributed by atoms with Gasteiger partial charge in [0.1, 0.15) is 0 Å². The molecule has 3 aliphatic rings. The zero-order valence-corrected chi connectivity index (χ0v) is 15.6. The second-order valence-electron chi connectivity index (χ2n) is 7.47. The van der Waals surface area contributed by atoms with Crippen LogP contribution in [0.4, 0.5) is 0 Å². The van der Waals surface area contributed by atoms with E-state index in [2.05, 4.69) is 30.2 Å². The van der Waals surface area contributed by atoms with Crippen molar-refractivity contribution in [3.8, 4) is 18.2 Å². The van der Waals surface area contributed by atoms with Crippen LogP contribution in [0, 0.1) is 45.3 Å². The molecule has 27 heavy (non-hydrogen) atoms. The summed E-state index contributed by atoms with van der Waals surface area (Å²) in [7, 11) is 2.07. The standard InChI is InChI=1S/C21H18ClN5/c1-27-14-6-7-17(27)19-16(8-14)21(10-24,11-25)20(26)15(9-23)18(19)12-2-4-13(22)5-3-12/h2-5,8,14,17-19H,6-7,26H2,1H3/t14?,17?,18-,19+/m0/s1. The van der Waals surface area contributed by atoms with Crippen molar-refractivity contribution in [2.75, 3.05) is 7.05 Å². The Kier molecular flexibility index (Phi) is 4.01. The average molecular weight is 376 g/mol. The Morgan fingerprint density at radius 3 is 2.41 bits per heavy atom. The predicted molar refractivity (Wildman–Crippen MR) is 101 cm³/mol. The fraction of sp³-hybridized carbons (Fsp3) is 0.381. The molecular formula is C21H18ClN5. The van der Waals surface area contributed by atoms with Crippen molar-refractivity contribution < 1.29 is 0 Å². The van der Waals surface area contributed by atoms with Gasteiger partial charge in [-0.3, -0.25) is 4.90 Å². The molecule has 134 valence electrons. The van der Waals surface area contributed by atoms with Gasteiger partial charge in [-0.05, 0) is 43.2 Å². The lowest BCUT2D eigenvalue weighted by Crippen LogP contribution is -2.51. The third-order valence-corrected chi connectivity index (χ3v) is 6.68. The number of fused-ring (bicyclic) bond motifs is 4. The zero-order valence-electron chi connectivity index (χ0n) is 14.9. The molecule has 4 atom stereocenters. The molecule has 0 radical (unpaired) electrons. The molecule has 1 aromatic rings. The predicted octanol–water partition coefficient (Wildman–Crippen LogP) is 3.23. The normalized spacial score (nSPS) is 31.3. The summed E-state index contributed by atoms with van der Waals surface area (Å²) in [6.07, 6.45) is 3.98. The molecule has 2 bridgehead atoms. The van der Waals surface area contributed by atoms with Gasteiger partial charge in [0.15, 0.2) is 0 Å². The maximum atomic E-state index is 9.95. The average Bonchev–Trinajstić information content (AvgIpc) is 2.91. The first kappa shape index (κ1) is 17.6. The van der Waals surface area contributed by atoms with E-state index in [9.17, 15) is 15.8 Å². The highest BCUT2D eigenvalue weighted by molar-refractivity contribution is 6.30. The van der Waals surface area contributed by atoms with Crippen LogP contribution < -0.4 is 5.73 Å². The van der Waals surface area contributed by atoms with Crippen molar-refractivity contribution in [3.05, 3.63) is 57.8 Å². The molecular weight excluding hydrogens is 358 g/mol. The van der Waals surface area contributed by atoms with Gasteiger partial charge in [0.2, 0.25) is 5.41 Å². The van der Waals surface area contributed by atoms with Crippen molar-refractivity contribution >= 4 is 11.6 Å². The van der Waals surface area contributed by atoms with Gasteiger partial charge in [0.25, 0.3) is 0 Å². The molecule has 0 aromatic heterocycles. The van der Waals surface area contributed by atoms with Crippen LogP contribution in [0.5, 0.6) is 0 Å². The highest BCUT2D eigenvalue weighted by Crippen LogP contribution is 2.57. The quantitative estimate of drug-likeness (QED) is 0.759. The minimum absolute atomic E-state index is 0.0707. The van der Waals surface area contributed by atoms with Gasteiger partial charge in [-0.1, -0.05) is 29.8 Å². The molecule has 1 fully saturated rings. The number of hydrogen-bond acceptors (Lipinski definition) is 5. The molecule has 1 aliphatic carbocycles. The molecule has 2 aliphatic heterocycles. The number of benzene rings is 1. The van der Waals surface area contributed by atoms with E-state index in [0.717, 1.165) is 24.0 Å². The highest BCUT2D eigenvalue weighted by Gasteiger charge is 2.57. The maximum absolute atomic E-state index is 9.95. The summed E-state index contributed by atoms with van der Waals surface area (Å²) in [5, 5.41) is 30.4. The maximum Gasteiger partial charge on any atom is 0.204 e. The van der Waals surface area contributed by atoms with E-state index >= 15 is 0 Å². The topological polar surface area (TPSA) is 101 Å². The molecule has 2 N–H and O–H groups in total. The lowest BCUT2D eigenvalue weighted by atomic mass is 9.58. The SMILES string of the molecule is CN1C2C=C3[C@H](C1CC2)[C@@H](c1ccc(Cl)cc1)C(C#N)=C(N)C3(C#N)C#N. The van der Waals surface area contributed by atoms with Gasteiger partial charge >= 0.3 is 0 Å². The highest BCUT2D eigenvalue weighted by atomic mass is 35.5. The van der Waals surface area contributed by atoms with Crippen LogP contribution in [-0.4, -0.2) is 24.0 Å². The lowest BCUT2D eigenvalue weighted by Gasteiger charge is -2.48. The largest absolute Gasteiger partial charge is 0.399 e. The van der Waals surface area contributed by atoms with Gasteiger partial charge < -0.3 is 5.73 Å². The summed E-state index contributed by atoms with van der Waals surface area (Å²) in [4.78, 5) is 2.30. The van der Waals surface area contributed by atoms with Crippen molar-refractivity contribution in [1.82, 2.24) is 4.90 Å². The number of halogens is 1. The van der Waals surface area contributed by atoms with Crippen LogP contribution in [0.25, 0.3) is 0 Å². The summed E-state index contributed by atoms with van der Waals surface area (Å²) in [6, 6.07) is 14.3. The second-order valence-corrected chi connectivity index (χ2v) is 7.90. The van der Waals surface area contributed by atoms with E-state index in [1.807, 2.05) is 18.2 Å². The molecule has 4 rings (SSSR count). The number of hydrogen-bond donors (Lipinski definition) is 1. The van der Waals surface area contributed by atoms with Crippen molar-refractivity contribution in [3.63, 3.8) is 0 Å². The molecule has 0 saturated carbocycles. The van der Waals surface area contributed by atoms with E-state index in [1.54, 1.807) is 12.1 Å². The van der Waals surface area contributed by atoms with E-state index in [-0.39, 0.29) is 29.6 Å². The van der Waals surface area contributed by atoms with E-state index in [0.29, 0.717) is 10.6 Å². The Hall–Kier alpha value is -2.78. The molecule has 6 heteroatoms. The van der Waals surface area contributed by atoms with Crippen LogP contribution in [0.2, 0.25) is 5.02 Å². The monoisotopic (exact) mass is 375 g/mol. The first-order valence-electron chi connectivity index (χ1n) is 8.90. The Bertz CT molecular complexity index is 971. The van der Waals surface area contributed by atoms with Gasteiger partial charge in [0.05, 0.1) is 29.5 Å². The summed E-state index contributed by atoms with van der Waals surface area (Å²) < 4.78 is 0. The lowest BCUT2D eigenvalue weighted by molar-refractivity contribution is 0.176. The number of allylic oxidation sites excluding steroid dienone is 2. The summed E-state index contributed by atoms with van der Waals surface area (Å²) in [5.74, 6) is -0.434. The Balaban J connectivity index is 2.03. The molecule has 0 amide bonds. The molecule has 0 spiro atoms. The third kappa shape index (κ3) is 2.25. The fourth-order valence-electron chi connectivity index (χ4n) is 5.08. The first-order valence-corrected chi connectivity index (χ1v) is 9.28. The van der Waals surface area contributed by atoms with Crippen LogP contribution in [0.3, 0.4) is 0 Å². The Labute approximate surface area is 163 Å². The molecule has 1 saturated heterocycles. The minimum atomic E-state index is -1.57. The van der Waals surface area contributed by atoms with Gasteiger partial charge in [-0.25, -0.2) is 0 Å². The zero-order chi connectivity index (χ0) is 19.3. The van der Waals surface area contributed by atoms with Crippen molar-refractivity contribution in [2.45, 2.75) is 30.8 Å². The number of likely N-dealkylation sites (N-methyl/N-ethyl adjacent to an activating group) is 1. The summed E-state index contributed by atoms with van der Waals surface area (Å²) in [5.41, 5.74) is 6.84. The molecule has 1 aromatic carbocycles. The van der Waals surface area contributed by atoms with Gasteiger partial charge in [-0.15, -0.1) is 0 Å². The van der Waals surface area contributed by atoms with Crippen molar-refractivity contribution in [2.24, 2.45) is 17.1 Å². The van der Waals surface area contributed by atoms with Gasteiger partial charge in [0, 0.05) is 28.9 Å². The van der Waals surface area contributed by atoms with E-state index in [1.165, 1.54) is 0 Å². The number of nitriles is 3. The van der Waals surface area contributed by atoms with Gasteiger partial charge in [-0.2, -0.15) is 15.8 Å². The second kappa shape index (κ2) is 6.14. The van der Waals surface area contributed by atoms with Crippen LogP contribution >= 0.6 is 11.6 Å². The van der Waals surface area contributed by atoms with E-state index < -0.39 is 5.41 Å². The summed E-state index contributed by atoms with van der Waals surface area (Å²) >= 11 is 6.06. The van der Waals surface area contributed by atoms with Crippen LogP contribution in [-0.2, 0) is 0 Å². The minimum Gasteiger partial charge on any atom is -0.399 e. The number of nitrogens with two attached hydrogens (primary N) is 1. The molecule has 2 heterocycles. The van der Waals surface area contributed by atoms with Crippen LogP contribution in [0.1, 0.15) is 24.3 Å². The van der Waals surface area contributed by atoms with Crippen LogP contribution in [0.15, 0.2) is 47.2 Å². The van der Waals surface area contributed by atoms with Crippen molar-refractivity contribution in [1.29, 1.82) is 15.8 Å².